The number of halogens is 1. The number of esters is 1. The first-order chi connectivity index (χ1) is 19.7. The van der Waals surface area contributed by atoms with Crippen molar-refractivity contribution in [2.75, 3.05) is 6.61 Å². The fourth-order valence-corrected chi connectivity index (χ4v) is 5.65. The van der Waals surface area contributed by atoms with Crippen LogP contribution in [0.5, 0.6) is 5.75 Å². The summed E-state index contributed by atoms with van der Waals surface area (Å²) in [6.45, 7) is 3.87. The normalized spacial score (nSPS) is 14.8. The highest BCUT2D eigenvalue weighted by Crippen LogP contribution is 2.31. The zero-order valence-corrected chi connectivity index (χ0v) is 23.6. The van der Waals surface area contributed by atoms with Gasteiger partial charge in [-0.2, -0.15) is 0 Å². The van der Waals surface area contributed by atoms with E-state index < -0.39 is 16.9 Å². The third-order valence-corrected chi connectivity index (χ3v) is 7.65. The Bertz CT molecular complexity index is 1840. The van der Waals surface area contributed by atoms with E-state index in [9.17, 15) is 19.7 Å². The van der Waals surface area contributed by atoms with Crippen molar-refractivity contribution in [1.29, 1.82) is 0 Å². The van der Waals surface area contributed by atoms with Gasteiger partial charge in [-0.1, -0.05) is 47.2 Å². The number of nitro benzene ring substituents is 1. The molecular weight excluding hydrogens is 566 g/mol. The van der Waals surface area contributed by atoms with Crippen molar-refractivity contribution in [2.45, 2.75) is 26.5 Å². The molecule has 1 aliphatic rings. The van der Waals surface area contributed by atoms with E-state index in [0.29, 0.717) is 36.9 Å². The van der Waals surface area contributed by atoms with Crippen molar-refractivity contribution in [3.8, 4) is 5.75 Å². The number of rotatable bonds is 8. The highest BCUT2D eigenvalue weighted by molar-refractivity contribution is 7.07. The Labute approximate surface area is 243 Å². The van der Waals surface area contributed by atoms with Gasteiger partial charge in [0, 0.05) is 17.2 Å². The van der Waals surface area contributed by atoms with Gasteiger partial charge in [0.2, 0.25) is 0 Å². The molecule has 9 nitrogen and oxygen atoms in total. The molecule has 5 rings (SSSR count). The van der Waals surface area contributed by atoms with Crippen LogP contribution in [-0.2, 0) is 16.1 Å². The van der Waals surface area contributed by atoms with E-state index in [1.54, 1.807) is 68.5 Å². The number of aromatic nitrogens is 1. The van der Waals surface area contributed by atoms with Gasteiger partial charge in [0.15, 0.2) is 4.80 Å². The lowest BCUT2D eigenvalue weighted by Crippen LogP contribution is -2.39. The van der Waals surface area contributed by atoms with Gasteiger partial charge in [-0.15, -0.1) is 0 Å². The minimum Gasteiger partial charge on any atom is -0.489 e. The van der Waals surface area contributed by atoms with Crippen molar-refractivity contribution in [3.63, 3.8) is 0 Å². The molecule has 0 aliphatic carbocycles. The number of hydrogen-bond acceptors (Lipinski definition) is 8. The van der Waals surface area contributed by atoms with E-state index in [4.69, 9.17) is 21.1 Å². The molecule has 1 aliphatic heterocycles. The fraction of sp³-hybridized carbons (Fsp3) is 0.167. The summed E-state index contributed by atoms with van der Waals surface area (Å²) in [6, 6.07) is 19.7. The second-order valence-electron chi connectivity index (χ2n) is 9.14. The van der Waals surface area contributed by atoms with Crippen molar-refractivity contribution in [1.82, 2.24) is 4.57 Å². The second kappa shape index (κ2) is 11.9. The molecule has 1 atom stereocenters. The predicted molar refractivity (Wildman–Crippen MR) is 156 cm³/mol. The van der Waals surface area contributed by atoms with Crippen LogP contribution in [-0.4, -0.2) is 22.1 Å². The van der Waals surface area contributed by atoms with Gasteiger partial charge in [-0.3, -0.25) is 19.5 Å². The summed E-state index contributed by atoms with van der Waals surface area (Å²) >= 11 is 7.34. The Kier molecular flexibility index (Phi) is 8.14. The van der Waals surface area contributed by atoms with E-state index in [0.717, 1.165) is 11.1 Å². The van der Waals surface area contributed by atoms with Gasteiger partial charge in [0.1, 0.15) is 12.4 Å². The summed E-state index contributed by atoms with van der Waals surface area (Å²) < 4.78 is 13.2. The molecule has 0 fully saturated rings. The van der Waals surface area contributed by atoms with E-state index in [2.05, 4.69) is 4.99 Å². The van der Waals surface area contributed by atoms with Crippen molar-refractivity contribution >= 4 is 40.7 Å². The predicted octanol–water partition coefficient (Wildman–Crippen LogP) is 4.94. The maximum Gasteiger partial charge on any atom is 0.338 e. The molecule has 1 aromatic heterocycles. The van der Waals surface area contributed by atoms with Gasteiger partial charge in [0.05, 0.1) is 33.4 Å². The number of non-ortho nitro benzene ring substituents is 1. The molecule has 208 valence electrons. The van der Waals surface area contributed by atoms with Gasteiger partial charge < -0.3 is 9.47 Å². The van der Waals surface area contributed by atoms with E-state index >= 15 is 0 Å². The lowest BCUT2D eigenvalue weighted by atomic mass is 9.96. The molecule has 0 radical (unpaired) electrons. The molecule has 1 unspecified atom stereocenters. The minimum atomic E-state index is -0.721. The van der Waals surface area contributed by atoms with Crippen molar-refractivity contribution in [3.05, 3.63) is 136 Å². The van der Waals surface area contributed by atoms with Crippen LogP contribution in [0.1, 0.15) is 36.6 Å². The summed E-state index contributed by atoms with van der Waals surface area (Å²) in [5.41, 5.74) is 2.74. The lowest BCUT2D eigenvalue weighted by Gasteiger charge is -2.24. The molecule has 0 bridgehead atoms. The summed E-state index contributed by atoms with van der Waals surface area (Å²) in [6.07, 6.45) is 1.75. The third-order valence-electron chi connectivity index (χ3n) is 6.41. The maximum absolute atomic E-state index is 13.8. The zero-order valence-electron chi connectivity index (χ0n) is 22.1. The molecule has 0 N–H and O–H groups in total. The number of allylic oxidation sites excluding steroid dienone is 1. The van der Waals surface area contributed by atoms with Crippen LogP contribution < -0.4 is 19.6 Å². The van der Waals surface area contributed by atoms with Crippen LogP contribution in [0.15, 0.2) is 93.9 Å². The number of carbonyl (C=O) groups is 1. The van der Waals surface area contributed by atoms with E-state index in [1.807, 2.05) is 12.1 Å². The molecule has 2 heterocycles. The van der Waals surface area contributed by atoms with Gasteiger partial charge in [-0.05, 0) is 73.0 Å². The van der Waals surface area contributed by atoms with Gasteiger partial charge >= 0.3 is 5.97 Å². The largest absolute Gasteiger partial charge is 0.489 e. The van der Waals surface area contributed by atoms with Crippen LogP contribution in [0.4, 0.5) is 5.69 Å². The standard InChI is InChI=1S/C30H24ClN3O6S/c1-3-39-29(36)26-18(2)32-30-33(27(26)21-9-11-22(31)12-10-21)28(35)25(41-30)16-20-5-4-6-24(15-20)40-17-19-7-13-23(14-8-19)34(37)38/h4-16,27H,3,17H2,1-2H3/b25-16+. The highest BCUT2D eigenvalue weighted by Gasteiger charge is 2.33. The summed E-state index contributed by atoms with van der Waals surface area (Å²) in [4.78, 5) is 42.3. The molecule has 0 saturated carbocycles. The van der Waals surface area contributed by atoms with Gasteiger partial charge in [-0.25, -0.2) is 9.79 Å². The fourth-order valence-electron chi connectivity index (χ4n) is 4.48. The van der Waals surface area contributed by atoms with Crippen LogP contribution in [0.3, 0.4) is 0 Å². The van der Waals surface area contributed by atoms with Gasteiger partial charge in [0.25, 0.3) is 11.2 Å². The van der Waals surface area contributed by atoms with Crippen LogP contribution in [0.25, 0.3) is 6.08 Å². The van der Waals surface area contributed by atoms with E-state index in [1.165, 1.54) is 28.0 Å². The van der Waals surface area contributed by atoms with Crippen molar-refractivity contribution < 1.29 is 19.2 Å². The van der Waals surface area contributed by atoms with Crippen LogP contribution in [0.2, 0.25) is 5.02 Å². The van der Waals surface area contributed by atoms with Crippen LogP contribution in [0, 0.1) is 10.1 Å². The molecule has 3 aromatic carbocycles. The Morgan fingerprint density at radius 2 is 1.88 bits per heavy atom. The molecule has 4 aromatic rings. The number of fused-ring (bicyclic) bond motifs is 1. The molecule has 0 spiro atoms. The maximum atomic E-state index is 13.8. The summed E-state index contributed by atoms with van der Waals surface area (Å²) in [5.74, 6) is 0.0465. The topological polar surface area (TPSA) is 113 Å². The first-order valence-electron chi connectivity index (χ1n) is 12.7. The minimum absolute atomic E-state index is 0.0140. The molecule has 0 saturated heterocycles. The first-order valence-corrected chi connectivity index (χ1v) is 13.9. The van der Waals surface area contributed by atoms with Crippen LogP contribution >= 0.6 is 22.9 Å². The molecular formula is C30H24ClN3O6S. The quantitative estimate of drug-likeness (QED) is 0.163. The van der Waals surface area contributed by atoms with Crippen molar-refractivity contribution in [2.24, 2.45) is 4.99 Å². The highest BCUT2D eigenvalue weighted by atomic mass is 35.5. The average molecular weight is 590 g/mol. The third kappa shape index (κ3) is 5.98. The zero-order chi connectivity index (χ0) is 29.1. The Balaban J connectivity index is 1.49. The number of nitrogens with zero attached hydrogens (tertiary/aromatic N) is 3. The number of thiazole rings is 1. The number of carbonyl (C=O) groups excluding carboxylic acids is 1. The monoisotopic (exact) mass is 589 g/mol. The summed E-state index contributed by atoms with van der Waals surface area (Å²) in [5, 5.41) is 11.4. The smallest absolute Gasteiger partial charge is 0.338 e. The number of hydrogen-bond donors (Lipinski definition) is 0. The first kappa shape index (κ1) is 28.0. The SMILES string of the molecule is CCOC(=O)C1=C(C)N=c2s/c(=C/c3cccc(OCc4ccc([N+](=O)[O-])cc4)c3)c(=O)n2C1c1ccc(Cl)cc1. The summed E-state index contributed by atoms with van der Waals surface area (Å²) in [7, 11) is 0. The molecule has 41 heavy (non-hydrogen) atoms. The number of benzene rings is 3. The second-order valence-corrected chi connectivity index (χ2v) is 10.6. The number of ether oxygens (including phenoxy) is 2. The lowest BCUT2D eigenvalue weighted by molar-refractivity contribution is -0.384. The Morgan fingerprint density at radius 3 is 2.56 bits per heavy atom. The Hall–Kier alpha value is -4.54. The van der Waals surface area contributed by atoms with E-state index in [-0.39, 0.29) is 24.5 Å². The average Bonchev–Trinajstić information content (AvgIpc) is 3.26. The molecule has 0 amide bonds. The Morgan fingerprint density at radius 1 is 1.15 bits per heavy atom. The molecule has 11 heteroatoms. The number of nitro groups is 1.